The third-order valence-electron chi connectivity index (χ3n) is 7.15. The number of nitrogen functional groups attached to an aromatic ring is 1. The number of nitrogens with two attached hydrogens (primary N) is 1. The molecule has 270 valence electrons. The number of aryl methyl sites for hydroxylation is 1. The number of hydrogen-bond acceptors (Lipinski definition) is 17. The molecule has 3 aromatic heterocycles. The largest absolute Gasteiger partial charge is 0.481 e. The number of aromatic nitrogens is 5. The Morgan fingerprint density at radius 3 is 2.20 bits per heavy atom. The summed E-state index contributed by atoms with van der Waals surface area (Å²) in [5.41, 5.74) is 6.11. The van der Waals surface area contributed by atoms with E-state index in [-0.39, 0.29) is 22.5 Å². The van der Waals surface area contributed by atoms with Crippen molar-refractivity contribution in [3.8, 4) is 0 Å². The molecule has 0 spiro atoms. The number of rotatable bonds is 13. The molecule has 2 saturated heterocycles. The van der Waals surface area contributed by atoms with E-state index in [1.54, 1.807) is 6.92 Å². The van der Waals surface area contributed by atoms with Crippen molar-refractivity contribution in [2.75, 3.05) is 18.9 Å². The van der Waals surface area contributed by atoms with Crippen molar-refractivity contribution in [3.05, 3.63) is 42.2 Å². The first-order chi connectivity index (χ1) is 22.7. The number of ether oxygens (including phenoxy) is 2. The number of aromatic carboxylic acids is 1. The maximum Gasteiger partial charge on any atom is 0.481 e. The molecule has 0 bridgehead atoms. The van der Waals surface area contributed by atoms with E-state index in [0.29, 0.717) is 5.56 Å². The fraction of sp³-hybridized carbons (Fsp3) is 0.500. The second-order valence-electron chi connectivity index (χ2n) is 10.7. The molecular formula is C22H30N6O18P3+. The molecule has 2 unspecified atom stereocenters. The summed E-state index contributed by atoms with van der Waals surface area (Å²) < 4.78 is 68.4. The minimum Gasteiger partial charge on any atom is -0.477 e. The van der Waals surface area contributed by atoms with Crippen molar-refractivity contribution in [3.63, 3.8) is 0 Å². The van der Waals surface area contributed by atoms with Crippen LogP contribution in [0.5, 0.6) is 0 Å². The molecule has 10 atom stereocenters. The van der Waals surface area contributed by atoms with Crippen molar-refractivity contribution in [1.29, 1.82) is 0 Å². The van der Waals surface area contributed by atoms with Crippen molar-refractivity contribution in [2.24, 2.45) is 0 Å². The lowest BCUT2D eigenvalue weighted by molar-refractivity contribution is -0.766. The Morgan fingerprint density at radius 2 is 1.59 bits per heavy atom. The van der Waals surface area contributed by atoms with Crippen LogP contribution in [0.15, 0.2) is 31.1 Å². The first-order valence-electron chi connectivity index (χ1n) is 13.7. The van der Waals surface area contributed by atoms with Crippen molar-refractivity contribution >= 4 is 46.4 Å². The van der Waals surface area contributed by atoms with Gasteiger partial charge in [0.25, 0.3) is 6.23 Å². The van der Waals surface area contributed by atoms with Crippen LogP contribution in [0.25, 0.3) is 11.2 Å². The third-order valence-corrected chi connectivity index (χ3v) is 10.3. The lowest BCUT2D eigenvalue weighted by Crippen LogP contribution is -2.46. The van der Waals surface area contributed by atoms with E-state index < -0.39 is 91.7 Å². The van der Waals surface area contributed by atoms with Gasteiger partial charge in [0.05, 0.1) is 19.5 Å². The second-order valence-corrected chi connectivity index (χ2v) is 14.9. The fourth-order valence-corrected chi connectivity index (χ4v) is 7.69. The zero-order valence-electron chi connectivity index (χ0n) is 24.7. The monoisotopic (exact) mass is 759 g/mol. The zero-order valence-corrected chi connectivity index (χ0v) is 27.4. The van der Waals surface area contributed by atoms with E-state index in [2.05, 4.69) is 23.8 Å². The summed E-state index contributed by atoms with van der Waals surface area (Å²) in [5, 5.41) is 40.9. The topological polar surface area (TPSA) is 359 Å². The van der Waals surface area contributed by atoms with Gasteiger partial charge in [0.2, 0.25) is 0 Å². The summed E-state index contributed by atoms with van der Waals surface area (Å²) in [4.78, 5) is 62.1. The molecule has 0 saturated carbocycles. The maximum absolute atomic E-state index is 12.6. The number of hydrogen-bond donors (Lipinski definition) is 9. The normalized spacial score (nSPS) is 30.0. The highest BCUT2D eigenvalue weighted by Crippen LogP contribution is 2.61. The average molecular weight is 759 g/mol. The first kappa shape index (κ1) is 37.4. The van der Waals surface area contributed by atoms with E-state index in [0.717, 1.165) is 28.0 Å². The molecule has 10 N–H and O–H groups in total. The number of anilines is 1. The predicted molar refractivity (Wildman–Crippen MR) is 153 cm³/mol. The third kappa shape index (κ3) is 8.55. The SMILES string of the molecule is Cc1cc(C(=O)O)c[n+]([C@H]2O[C@@H](COP(=O)(O)OP(=O)(O)OC[C@H]3O[C@@H](n4cnc5c(N)ncnc54)[C@H](OP(=O)(O)O)[C@@H]3O)[C@H](O)[C@@H]2O)c1. The molecular weight excluding hydrogens is 729 g/mol. The summed E-state index contributed by atoms with van der Waals surface area (Å²) in [7, 11) is -16.3. The molecule has 27 heteroatoms. The molecule has 24 nitrogen and oxygen atoms in total. The first-order valence-corrected chi connectivity index (χ1v) is 18.2. The Balaban J connectivity index is 1.21. The number of carbonyl (C=O) groups is 1. The lowest BCUT2D eigenvalue weighted by atomic mass is 10.1. The molecule has 3 aromatic rings. The molecule has 0 amide bonds. The van der Waals surface area contributed by atoms with Crippen LogP contribution in [0.4, 0.5) is 5.82 Å². The number of carboxylic acid groups (broad SMARTS) is 1. The quantitative estimate of drug-likeness (QED) is 0.0672. The number of fused-ring (bicyclic) bond motifs is 1. The van der Waals surface area contributed by atoms with E-state index in [4.69, 9.17) is 24.3 Å². The zero-order chi connectivity index (χ0) is 36.1. The molecule has 0 aromatic carbocycles. The Labute approximate surface area is 273 Å². The minimum absolute atomic E-state index is 0.00204. The highest BCUT2D eigenvalue weighted by molar-refractivity contribution is 7.61. The number of phosphoric ester groups is 3. The van der Waals surface area contributed by atoms with Gasteiger partial charge < -0.3 is 55.2 Å². The molecule has 0 aliphatic carbocycles. The maximum atomic E-state index is 12.6. The number of nitrogens with zero attached hydrogens (tertiary/aromatic N) is 5. The van der Waals surface area contributed by atoms with E-state index in [1.807, 2.05) is 0 Å². The van der Waals surface area contributed by atoms with E-state index in [1.165, 1.54) is 12.3 Å². The number of phosphoric acid groups is 3. The Kier molecular flexibility index (Phi) is 10.7. The van der Waals surface area contributed by atoms with Gasteiger partial charge in [0.15, 0.2) is 36.2 Å². The summed E-state index contributed by atoms with van der Waals surface area (Å²) in [6.07, 6.45) is -8.68. The van der Waals surface area contributed by atoms with E-state index in [9.17, 15) is 58.5 Å². The van der Waals surface area contributed by atoms with Crippen molar-refractivity contribution in [1.82, 2.24) is 19.5 Å². The summed E-state index contributed by atoms with van der Waals surface area (Å²) in [6.45, 7) is -0.503. The number of aliphatic hydroxyl groups is 3. The van der Waals surface area contributed by atoms with Gasteiger partial charge >= 0.3 is 29.4 Å². The van der Waals surface area contributed by atoms with Gasteiger partial charge in [0.1, 0.15) is 47.9 Å². The molecule has 2 fully saturated rings. The van der Waals surface area contributed by atoms with Crippen LogP contribution >= 0.6 is 23.5 Å². The van der Waals surface area contributed by atoms with Crippen LogP contribution in [-0.4, -0.2) is 115 Å². The molecule has 2 aliphatic rings. The number of imidazole rings is 1. The van der Waals surface area contributed by atoms with Crippen LogP contribution in [0, 0.1) is 6.92 Å². The van der Waals surface area contributed by atoms with E-state index >= 15 is 0 Å². The fourth-order valence-electron chi connectivity index (χ4n) is 5.05. The second kappa shape index (κ2) is 14.0. The van der Waals surface area contributed by atoms with Crippen LogP contribution in [0.3, 0.4) is 0 Å². The molecule has 49 heavy (non-hydrogen) atoms. The predicted octanol–water partition coefficient (Wildman–Crippen LogP) is -1.99. The summed E-state index contributed by atoms with van der Waals surface area (Å²) >= 11 is 0. The molecule has 0 radical (unpaired) electrons. The highest BCUT2D eigenvalue weighted by atomic mass is 31.3. The summed E-state index contributed by atoms with van der Waals surface area (Å²) in [6, 6.07) is 1.34. The smallest absolute Gasteiger partial charge is 0.477 e. The van der Waals surface area contributed by atoms with Crippen molar-refractivity contribution in [2.45, 2.75) is 56.0 Å². The van der Waals surface area contributed by atoms with Crippen LogP contribution in [0.1, 0.15) is 28.4 Å². The number of carboxylic acids is 1. The molecule has 5 heterocycles. The minimum atomic E-state index is -5.54. The number of pyridine rings is 1. The standard InChI is InChI=1S/C22H29N6O18P3/c1-9-2-10(22(32)33)4-27(3-9)20-16(31)14(29)11(43-20)5-41-48(37,38)46-49(39,40)42-6-12-15(30)17(45-47(34,35)36)21(44-12)28-8-26-13-18(23)24-7-25-19(13)28/h2-4,7-8,11-12,14-17,20-21,29-31H,5-6H2,1H3,(H6-,23,24,25,32,33,34,35,36,37,38,39,40)/p+1/t11-,12+,14-,15+,16-,17+,20-,21+/m0/s1. The van der Waals surface area contributed by atoms with Crippen LogP contribution in [-0.2, 0) is 41.1 Å². The molecule has 2 aliphatic heterocycles. The van der Waals surface area contributed by atoms with Gasteiger partial charge in [-0.15, -0.1) is 0 Å². The summed E-state index contributed by atoms with van der Waals surface area (Å²) in [5.74, 6) is -1.34. The Bertz CT molecular complexity index is 1860. The Hall–Kier alpha value is -2.86. The van der Waals surface area contributed by atoms with Gasteiger partial charge in [-0.25, -0.2) is 33.4 Å². The number of aliphatic hydroxyl groups excluding tert-OH is 3. The average Bonchev–Trinajstić information content (AvgIpc) is 3.64. The van der Waals surface area contributed by atoms with Gasteiger partial charge in [0, 0.05) is 5.56 Å². The molecule has 5 rings (SSSR count). The van der Waals surface area contributed by atoms with Gasteiger partial charge in [-0.05, 0) is 13.0 Å². The van der Waals surface area contributed by atoms with Gasteiger partial charge in [-0.1, -0.05) is 0 Å². The van der Waals surface area contributed by atoms with Crippen molar-refractivity contribution < 1.29 is 90.4 Å². The van der Waals surface area contributed by atoms with Gasteiger partial charge in [-0.3, -0.25) is 18.1 Å². The van der Waals surface area contributed by atoms with Gasteiger partial charge in [-0.2, -0.15) is 8.88 Å². The van der Waals surface area contributed by atoms with Crippen LogP contribution in [0.2, 0.25) is 0 Å². The lowest BCUT2D eigenvalue weighted by Gasteiger charge is -2.22. The van der Waals surface area contributed by atoms with Crippen LogP contribution < -0.4 is 10.3 Å². The highest BCUT2D eigenvalue weighted by Gasteiger charge is 2.51. The Morgan fingerprint density at radius 1 is 0.959 bits per heavy atom.